The molecule has 0 fully saturated rings. The van der Waals surface area contributed by atoms with Gasteiger partial charge >= 0.3 is 0 Å². The second kappa shape index (κ2) is 7.63. The topological polar surface area (TPSA) is 88.9 Å². The third-order valence-electron chi connectivity index (χ3n) is 4.34. The van der Waals surface area contributed by atoms with E-state index in [1.807, 2.05) is 18.5 Å². The van der Waals surface area contributed by atoms with E-state index in [-0.39, 0.29) is 23.6 Å². The van der Waals surface area contributed by atoms with Gasteiger partial charge in [0.15, 0.2) is 0 Å². The van der Waals surface area contributed by atoms with Crippen LogP contribution in [0.25, 0.3) is 0 Å². The summed E-state index contributed by atoms with van der Waals surface area (Å²) in [6.07, 6.45) is 3.10. The highest BCUT2D eigenvalue weighted by Gasteiger charge is 2.26. The van der Waals surface area contributed by atoms with E-state index in [1.165, 1.54) is 18.2 Å². The number of rotatable bonds is 5. The van der Waals surface area contributed by atoms with E-state index in [1.54, 1.807) is 6.20 Å². The van der Waals surface area contributed by atoms with Gasteiger partial charge < -0.3 is 10.6 Å². The second-order valence-corrected chi connectivity index (χ2v) is 6.77. The Labute approximate surface area is 151 Å². The number of fused-ring (bicyclic) bond motifs is 1. The van der Waals surface area contributed by atoms with Gasteiger partial charge in [-0.1, -0.05) is 6.07 Å². The van der Waals surface area contributed by atoms with Crippen LogP contribution in [0.1, 0.15) is 46.8 Å². The first-order valence-corrected chi connectivity index (χ1v) is 8.70. The number of nitrogens with zero attached hydrogens (tertiary/aromatic N) is 3. The average molecular weight is 359 g/mol. The monoisotopic (exact) mass is 359 g/mol. The molecule has 138 valence electrons. The molecule has 26 heavy (non-hydrogen) atoms. The largest absolute Gasteiger partial charge is 0.350 e. The van der Waals surface area contributed by atoms with Crippen molar-refractivity contribution in [3.05, 3.63) is 47.3 Å². The van der Waals surface area contributed by atoms with Crippen molar-refractivity contribution in [2.45, 2.75) is 39.3 Å². The summed E-state index contributed by atoms with van der Waals surface area (Å²) in [4.78, 5) is 28.0. The van der Waals surface area contributed by atoms with Crippen LogP contribution in [0.15, 0.2) is 24.4 Å². The van der Waals surface area contributed by atoms with E-state index < -0.39 is 11.9 Å². The number of aryl methyl sites for hydroxylation is 1. The van der Waals surface area contributed by atoms with E-state index in [0.29, 0.717) is 25.1 Å². The highest BCUT2D eigenvalue weighted by molar-refractivity contribution is 5.95. The van der Waals surface area contributed by atoms with Gasteiger partial charge in [0, 0.05) is 19.1 Å². The van der Waals surface area contributed by atoms with E-state index in [0.717, 1.165) is 12.1 Å². The van der Waals surface area contributed by atoms with E-state index in [9.17, 15) is 14.0 Å². The summed E-state index contributed by atoms with van der Waals surface area (Å²) >= 11 is 0. The molecule has 0 aliphatic carbocycles. The van der Waals surface area contributed by atoms with Crippen LogP contribution in [-0.2, 0) is 13.0 Å². The van der Waals surface area contributed by atoms with Gasteiger partial charge in [-0.25, -0.2) is 4.98 Å². The molecule has 0 saturated carbocycles. The van der Waals surface area contributed by atoms with Gasteiger partial charge in [-0.3, -0.25) is 14.3 Å². The van der Waals surface area contributed by atoms with Crippen molar-refractivity contribution in [2.75, 3.05) is 6.54 Å². The highest BCUT2D eigenvalue weighted by Crippen LogP contribution is 2.22. The molecule has 0 saturated heterocycles. The summed E-state index contributed by atoms with van der Waals surface area (Å²) in [5.74, 6) is -1.03. The average Bonchev–Trinajstić information content (AvgIpc) is 3.02. The molecule has 2 amide bonds. The summed E-state index contributed by atoms with van der Waals surface area (Å²) in [6, 6.07) is 4.18. The minimum absolute atomic E-state index is 0.0514. The van der Waals surface area contributed by atoms with Crippen molar-refractivity contribution in [3.8, 4) is 0 Å². The van der Waals surface area contributed by atoms with E-state index in [2.05, 4.69) is 20.7 Å². The number of amides is 2. The molecule has 1 aliphatic heterocycles. The number of pyridine rings is 1. The van der Waals surface area contributed by atoms with Gasteiger partial charge in [0.05, 0.1) is 17.5 Å². The summed E-state index contributed by atoms with van der Waals surface area (Å²) in [7, 11) is 0. The first-order chi connectivity index (χ1) is 12.4. The van der Waals surface area contributed by atoms with Crippen LogP contribution in [0.4, 0.5) is 4.39 Å². The fourth-order valence-electron chi connectivity index (χ4n) is 3.07. The Bertz CT molecular complexity index is 818. The molecule has 3 heterocycles. The maximum absolute atomic E-state index is 13.1. The summed E-state index contributed by atoms with van der Waals surface area (Å²) in [5.41, 5.74) is 1.53. The zero-order chi connectivity index (χ0) is 18.7. The molecular weight excluding hydrogens is 337 g/mol. The molecule has 0 aromatic carbocycles. The lowest BCUT2D eigenvalue weighted by Crippen LogP contribution is -2.35. The quantitative estimate of drug-likeness (QED) is 0.793. The normalized spacial score (nSPS) is 16.2. The predicted octanol–water partition coefficient (Wildman–Crippen LogP) is 1.55. The van der Waals surface area contributed by atoms with Crippen LogP contribution < -0.4 is 10.6 Å². The fraction of sp³-hybridized carbons (Fsp3) is 0.444. The van der Waals surface area contributed by atoms with Gasteiger partial charge in [-0.15, -0.1) is 0 Å². The van der Waals surface area contributed by atoms with Gasteiger partial charge in [-0.05, 0) is 44.7 Å². The Kier molecular flexibility index (Phi) is 5.29. The molecule has 2 aromatic rings. The Morgan fingerprint density at radius 1 is 1.35 bits per heavy atom. The number of nitrogens with one attached hydrogen (secondary N) is 2. The van der Waals surface area contributed by atoms with Crippen LogP contribution in [0.3, 0.4) is 0 Å². The Morgan fingerprint density at radius 3 is 2.88 bits per heavy atom. The maximum atomic E-state index is 13.1. The van der Waals surface area contributed by atoms with Gasteiger partial charge in [0.25, 0.3) is 11.8 Å². The van der Waals surface area contributed by atoms with Crippen LogP contribution in [-0.4, -0.2) is 39.2 Å². The Morgan fingerprint density at radius 2 is 2.15 bits per heavy atom. The number of halogens is 1. The minimum atomic E-state index is -0.681. The van der Waals surface area contributed by atoms with Crippen molar-refractivity contribution < 1.29 is 14.0 Å². The van der Waals surface area contributed by atoms with E-state index >= 15 is 0 Å². The highest BCUT2D eigenvalue weighted by atomic mass is 19.1. The molecule has 1 aliphatic rings. The standard InChI is InChI=1S/C18H22FN5O2/c1-11(2)22-17(25)13-10-21-24-7-6-12(8-15(13)24)9-20-18(26)14-4-3-5-16(19)23-14/h3-5,10-12H,6-9H2,1-2H3,(H,20,26)(H,22,25)/t12-/m0/s1. The lowest BCUT2D eigenvalue weighted by Gasteiger charge is -2.24. The lowest BCUT2D eigenvalue weighted by molar-refractivity contribution is 0.0927. The molecule has 7 nitrogen and oxygen atoms in total. The first kappa shape index (κ1) is 18.0. The van der Waals surface area contributed by atoms with Crippen LogP contribution >= 0.6 is 0 Å². The van der Waals surface area contributed by atoms with Crippen molar-refractivity contribution in [1.82, 2.24) is 25.4 Å². The van der Waals surface area contributed by atoms with Gasteiger partial charge in [0.1, 0.15) is 5.69 Å². The summed E-state index contributed by atoms with van der Waals surface area (Å²) in [5, 5.41) is 9.97. The molecule has 2 aromatic heterocycles. The number of hydrogen-bond donors (Lipinski definition) is 2. The second-order valence-electron chi connectivity index (χ2n) is 6.77. The van der Waals surface area contributed by atoms with Crippen molar-refractivity contribution >= 4 is 11.8 Å². The first-order valence-electron chi connectivity index (χ1n) is 8.70. The number of carbonyl (C=O) groups excluding carboxylic acids is 2. The zero-order valence-electron chi connectivity index (χ0n) is 14.8. The smallest absolute Gasteiger partial charge is 0.270 e. The van der Waals surface area contributed by atoms with Crippen molar-refractivity contribution in [3.63, 3.8) is 0 Å². The fourth-order valence-corrected chi connectivity index (χ4v) is 3.07. The van der Waals surface area contributed by atoms with Crippen molar-refractivity contribution in [2.24, 2.45) is 5.92 Å². The summed E-state index contributed by atoms with van der Waals surface area (Å²) < 4.78 is 15.0. The predicted molar refractivity (Wildman–Crippen MR) is 93.2 cm³/mol. The minimum Gasteiger partial charge on any atom is -0.350 e. The van der Waals surface area contributed by atoms with Crippen LogP contribution in [0.5, 0.6) is 0 Å². The van der Waals surface area contributed by atoms with Gasteiger partial charge in [0.2, 0.25) is 5.95 Å². The lowest BCUT2D eigenvalue weighted by atomic mass is 9.94. The van der Waals surface area contributed by atoms with Crippen LogP contribution in [0.2, 0.25) is 0 Å². The number of carbonyl (C=O) groups is 2. The molecule has 0 spiro atoms. The summed E-state index contributed by atoms with van der Waals surface area (Å²) in [6.45, 7) is 4.95. The Hall–Kier alpha value is -2.77. The SMILES string of the molecule is CC(C)NC(=O)c1cnn2c1C[C@@H](CNC(=O)c1cccc(F)n1)CC2. The molecular formula is C18H22FN5O2. The molecule has 0 unspecified atom stereocenters. The number of hydrogen-bond acceptors (Lipinski definition) is 4. The zero-order valence-corrected chi connectivity index (χ0v) is 14.8. The third kappa shape index (κ3) is 4.07. The maximum Gasteiger partial charge on any atom is 0.270 e. The molecule has 2 N–H and O–H groups in total. The van der Waals surface area contributed by atoms with Gasteiger partial charge in [-0.2, -0.15) is 9.49 Å². The number of aromatic nitrogens is 3. The molecule has 3 rings (SSSR count). The molecule has 0 bridgehead atoms. The Balaban J connectivity index is 1.62. The van der Waals surface area contributed by atoms with Crippen LogP contribution in [0, 0.1) is 11.9 Å². The molecule has 1 atom stereocenters. The van der Waals surface area contributed by atoms with Crippen molar-refractivity contribution in [1.29, 1.82) is 0 Å². The molecule has 0 radical (unpaired) electrons. The third-order valence-corrected chi connectivity index (χ3v) is 4.34. The van der Waals surface area contributed by atoms with E-state index in [4.69, 9.17) is 0 Å². The molecule has 8 heteroatoms.